The first-order valence-electron chi connectivity index (χ1n) is 7.13. The van der Waals surface area contributed by atoms with Crippen LogP contribution in [0.1, 0.15) is 37.9 Å². The summed E-state index contributed by atoms with van der Waals surface area (Å²) in [7, 11) is 0. The zero-order chi connectivity index (χ0) is 15.2. The van der Waals surface area contributed by atoms with Crippen molar-refractivity contribution in [1.29, 1.82) is 0 Å². The van der Waals surface area contributed by atoms with Gasteiger partial charge in [0.2, 0.25) is 0 Å². The quantitative estimate of drug-likeness (QED) is 0.735. The molecule has 1 N–H and O–H groups in total. The van der Waals surface area contributed by atoms with Crippen molar-refractivity contribution in [3.63, 3.8) is 0 Å². The monoisotopic (exact) mass is 276 g/mol. The first-order valence-corrected chi connectivity index (χ1v) is 7.13. The zero-order valence-electron chi connectivity index (χ0n) is 13.3. The highest BCUT2D eigenvalue weighted by Crippen LogP contribution is 2.17. The third-order valence-electron chi connectivity index (χ3n) is 3.03. The Morgan fingerprint density at radius 1 is 1.25 bits per heavy atom. The highest BCUT2D eigenvalue weighted by molar-refractivity contribution is 5.21. The van der Waals surface area contributed by atoms with Crippen molar-refractivity contribution in [3.05, 3.63) is 48.5 Å². The highest BCUT2D eigenvalue weighted by Gasteiger charge is 2.13. The van der Waals surface area contributed by atoms with Gasteiger partial charge in [0.15, 0.2) is 0 Å². The molecule has 0 aliphatic carbocycles. The van der Waals surface area contributed by atoms with E-state index in [4.69, 9.17) is 4.42 Å². The Labute approximate surface area is 123 Å². The van der Waals surface area contributed by atoms with Gasteiger partial charge in [-0.1, -0.05) is 12.2 Å². The molecule has 0 saturated heterocycles. The maximum atomic E-state index is 5.85. The maximum Gasteiger partial charge on any atom is 0.118 e. The topological polar surface area (TPSA) is 28.4 Å². The van der Waals surface area contributed by atoms with Gasteiger partial charge in [-0.25, -0.2) is 0 Å². The Balaban J connectivity index is 2.68. The van der Waals surface area contributed by atoms with Crippen LogP contribution >= 0.6 is 0 Å². The summed E-state index contributed by atoms with van der Waals surface area (Å²) < 4.78 is 5.85. The lowest BCUT2D eigenvalue weighted by molar-refractivity contribution is 0.292. The molecule has 0 spiro atoms. The molecule has 0 unspecified atom stereocenters. The van der Waals surface area contributed by atoms with Crippen LogP contribution in [0.15, 0.2) is 35.8 Å². The van der Waals surface area contributed by atoms with Crippen LogP contribution in [-0.2, 0) is 13.1 Å². The number of nitrogens with one attached hydrogen (secondary N) is 1. The number of nitrogens with zero attached hydrogens (tertiary/aromatic N) is 1. The van der Waals surface area contributed by atoms with E-state index < -0.39 is 0 Å². The van der Waals surface area contributed by atoms with Gasteiger partial charge in [-0.05, 0) is 33.8 Å². The molecule has 3 nitrogen and oxygen atoms in total. The van der Waals surface area contributed by atoms with Crippen LogP contribution < -0.4 is 5.32 Å². The molecule has 1 aromatic rings. The van der Waals surface area contributed by atoms with E-state index in [-0.39, 0.29) is 5.54 Å². The van der Waals surface area contributed by atoms with Crippen molar-refractivity contribution in [2.24, 2.45) is 0 Å². The highest BCUT2D eigenvalue weighted by atomic mass is 16.3. The summed E-state index contributed by atoms with van der Waals surface area (Å²) in [5.74, 6) is 1.99. The van der Waals surface area contributed by atoms with Gasteiger partial charge in [0.25, 0.3) is 0 Å². The molecule has 0 aliphatic rings. The van der Waals surface area contributed by atoms with E-state index in [0.717, 1.165) is 37.7 Å². The Morgan fingerprint density at radius 2 is 1.85 bits per heavy atom. The van der Waals surface area contributed by atoms with Gasteiger partial charge in [0.05, 0.1) is 6.54 Å². The summed E-state index contributed by atoms with van der Waals surface area (Å²) in [6.07, 6.45) is 3.81. The number of rotatable bonds is 8. The van der Waals surface area contributed by atoms with Crippen molar-refractivity contribution in [2.45, 2.75) is 46.3 Å². The predicted molar refractivity (Wildman–Crippen MR) is 85.7 cm³/mol. The van der Waals surface area contributed by atoms with Crippen molar-refractivity contribution in [3.8, 4) is 0 Å². The lowest BCUT2D eigenvalue weighted by Crippen LogP contribution is -2.35. The first-order chi connectivity index (χ1) is 9.35. The largest absolute Gasteiger partial charge is 0.465 e. The second-order valence-corrected chi connectivity index (χ2v) is 6.17. The lowest BCUT2D eigenvalue weighted by atomic mass is 10.1. The molecule has 0 fully saturated rings. The molecule has 3 heteroatoms. The van der Waals surface area contributed by atoms with Gasteiger partial charge >= 0.3 is 0 Å². The van der Waals surface area contributed by atoms with Gasteiger partial charge in [0, 0.05) is 30.7 Å². The van der Waals surface area contributed by atoms with Crippen LogP contribution in [0.2, 0.25) is 0 Å². The minimum absolute atomic E-state index is 0.113. The van der Waals surface area contributed by atoms with Crippen LogP contribution in [0.3, 0.4) is 0 Å². The molecule has 0 aliphatic heterocycles. The van der Waals surface area contributed by atoms with E-state index in [1.807, 2.05) is 19.1 Å². The van der Waals surface area contributed by atoms with Crippen LogP contribution in [0, 0.1) is 6.92 Å². The molecule has 0 amide bonds. The maximum absolute atomic E-state index is 5.85. The second kappa shape index (κ2) is 7.46. The Kier molecular flexibility index (Phi) is 6.24. The zero-order valence-corrected chi connectivity index (χ0v) is 13.3. The fourth-order valence-electron chi connectivity index (χ4n) is 1.99. The van der Waals surface area contributed by atoms with Crippen molar-refractivity contribution >= 4 is 0 Å². The van der Waals surface area contributed by atoms with Crippen LogP contribution in [0.4, 0.5) is 0 Å². The molecule has 0 atom stereocenters. The molecular weight excluding hydrogens is 248 g/mol. The Morgan fingerprint density at radius 3 is 2.35 bits per heavy atom. The van der Waals surface area contributed by atoms with Gasteiger partial charge in [-0.2, -0.15) is 0 Å². The number of aryl methyl sites for hydroxylation is 1. The molecule has 0 saturated carbocycles. The smallest absolute Gasteiger partial charge is 0.118 e. The molecular formula is C17H28N2O. The van der Waals surface area contributed by atoms with Crippen LogP contribution in [0.5, 0.6) is 0 Å². The van der Waals surface area contributed by atoms with Gasteiger partial charge < -0.3 is 9.73 Å². The minimum atomic E-state index is 0.113. The SMILES string of the molecule is C=CCN(CC=C)Cc1cc(CNC(C)(C)C)c(C)o1. The van der Waals surface area contributed by atoms with Gasteiger partial charge in [-0.3, -0.25) is 4.90 Å². The molecule has 0 radical (unpaired) electrons. The number of hydrogen-bond donors (Lipinski definition) is 1. The molecule has 0 bridgehead atoms. The molecule has 112 valence electrons. The van der Waals surface area contributed by atoms with Crippen LogP contribution in [0.25, 0.3) is 0 Å². The fraction of sp³-hybridized carbons (Fsp3) is 0.529. The number of hydrogen-bond acceptors (Lipinski definition) is 3. The fourth-order valence-corrected chi connectivity index (χ4v) is 1.99. The minimum Gasteiger partial charge on any atom is -0.465 e. The van der Waals surface area contributed by atoms with Crippen LogP contribution in [-0.4, -0.2) is 23.5 Å². The molecule has 1 rings (SSSR count). The molecule has 20 heavy (non-hydrogen) atoms. The third-order valence-corrected chi connectivity index (χ3v) is 3.03. The van der Waals surface area contributed by atoms with Crippen molar-refractivity contribution in [1.82, 2.24) is 10.2 Å². The summed E-state index contributed by atoms with van der Waals surface area (Å²) >= 11 is 0. The van der Waals surface area contributed by atoms with E-state index in [1.165, 1.54) is 5.56 Å². The summed E-state index contributed by atoms with van der Waals surface area (Å²) in [5.41, 5.74) is 1.34. The van der Waals surface area contributed by atoms with E-state index in [1.54, 1.807) is 0 Å². The Hall–Kier alpha value is -1.32. The average Bonchev–Trinajstić information content (AvgIpc) is 2.67. The first kappa shape index (κ1) is 16.7. The lowest BCUT2D eigenvalue weighted by Gasteiger charge is -2.20. The van der Waals surface area contributed by atoms with Gasteiger partial charge in [-0.15, -0.1) is 13.2 Å². The van der Waals surface area contributed by atoms with E-state index in [2.05, 4.69) is 50.2 Å². The van der Waals surface area contributed by atoms with Crippen molar-refractivity contribution in [2.75, 3.05) is 13.1 Å². The summed E-state index contributed by atoms with van der Waals surface area (Å²) in [5, 5.41) is 3.49. The standard InChI is InChI=1S/C17H28N2O/c1-7-9-19(10-8-2)13-16-11-15(14(3)20-16)12-18-17(4,5)6/h7-8,11,18H,1-2,9-10,12-13H2,3-6H3. The number of furan rings is 1. The van der Waals surface area contributed by atoms with Crippen molar-refractivity contribution < 1.29 is 4.42 Å². The summed E-state index contributed by atoms with van der Waals surface area (Å²) in [6.45, 7) is 19.4. The molecule has 1 heterocycles. The Bertz CT molecular complexity index is 430. The second-order valence-electron chi connectivity index (χ2n) is 6.17. The predicted octanol–water partition coefficient (Wildman–Crippen LogP) is 3.65. The van der Waals surface area contributed by atoms with Gasteiger partial charge in [0.1, 0.15) is 11.5 Å². The average molecular weight is 276 g/mol. The third kappa shape index (κ3) is 5.76. The summed E-state index contributed by atoms with van der Waals surface area (Å²) in [4.78, 5) is 2.24. The van der Waals surface area contributed by atoms with E-state index >= 15 is 0 Å². The molecule has 0 aromatic carbocycles. The molecule has 1 aromatic heterocycles. The van der Waals surface area contributed by atoms with E-state index in [0.29, 0.717) is 0 Å². The normalized spacial score (nSPS) is 11.8. The summed E-state index contributed by atoms with van der Waals surface area (Å²) in [6, 6.07) is 2.15. The van der Waals surface area contributed by atoms with E-state index in [9.17, 15) is 0 Å².